The lowest BCUT2D eigenvalue weighted by Gasteiger charge is -2.28. The minimum absolute atomic E-state index is 0.530. The van der Waals surface area contributed by atoms with Gasteiger partial charge in [0.05, 0.1) is 26.4 Å². The van der Waals surface area contributed by atoms with Gasteiger partial charge in [-0.05, 0) is 0 Å². The molecule has 144 valence electrons. The number of aromatic nitrogens is 2. The van der Waals surface area contributed by atoms with Gasteiger partial charge in [0.15, 0.2) is 11.6 Å². The quantitative estimate of drug-likeness (QED) is 0.503. The van der Waals surface area contributed by atoms with Crippen LogP contribution in [0, 0.1) is 0 Å². The number of methoxy groups -OCH3 is 4. The molecule has 2 N–H and O–H groups in total. The lowest BCUT2D eigenvalue weighted by atomic mass is 10.3. The molecule has 9 heteroatoms. The van der Waals surface area contributed by atoms with Crippen molar-refractivity contribution in [1.29, 1.82) is 0 Å². The summed E-state index contributed by atoms with van der Waals surface area (Å²) in [7, 11) is 6.67. The summed E-state index contributed by atoms with van der Waals surface area (Å²) in [5.41, 5.74) is 6.93. The monoisotopic (exact) mass is 357 g/mol. The second-order valence-electron chi connectivity index (χ2n) is 5.38. The molecule has 0 bridgehead atoms. The van der Waals surface area contributed by atoms with Crippen LogP contribution in [0.5, 0.6) is 0 Å². The SMILES string of the molecule is COCCN(CCOC)c1ncnc(N(CCOC)CCOC)c1N. The fourth-order valence-electron chi connectivity index (χ4n) is 2.33. The molecular weight excluding hydrogens is 326 g/mol. The average Bonchev–Trinajstić information content (AvgIpc) is 2.63. The van der Waals surface area contributed by atoms with Crippen molar-refractivity contribution in [3.05, 3.63) is 6.33 Å². The lowest BCUT2D eigenvalue weighted by Crippen LogP contribution is -2.35. The first-order valence-corrected chi connectivity index (χ1v) is 8.25. The van der Waals surface area contributed by atoms with Crippen molar-refractivity contribution in [3.8, 4) is 0 Å². The molecule has 0 fully saturated rings. The first-order chi connectivity index (χ1) is 12.2. The normalized spacial score (nSPS) is 10.9. The lowest BCUT2D eigenvalue weighted by molar-refractivity contribution is 0.189. The van der Waals surface area contributed by atoms with Gasteiger partial charge in [-0.2, -0.15) is 0 Å². The molecule has 0 atom stereocenters. The largest absolute Gasteiger partial charge is 0.393 e. The van der Waals surface area contributed by atoms with Gasteiger partial charge in [-0.3, -0.25) is 0 Å². The minimum Gasteiger partial charge on any atom is -0.393 e. The molecule has 0 radical (unpaired) electrons. The Labute approximate surface area is 150 Å². The van der Waals surface area contributed by atoms with Crippen LogP contribution in [-0.2, 0) is 18.9 Å². The van der Waals surface area contributed by atoms with E-state index in [4.69, 9.17) is 24.7 Å². The fraction of sp³-hybridized carbons (Fsp3) is 0.750. The van der Waals surface area contributed by atoms with Crippen molar-refractivity contribution < 1.29 is 18.9 Å². The Morgan fingerprint density at radius 3 is 1.32 bits per heavy atom. The van der Waals surface area contributed by atoms with Gasteiger partial charge in [0.1, 0.15) is 12.0 Å². The summed E-state index contributed by atoms with van der Waals surface area (Å²) in [6.07, 6.45) is 1.53. The number of nitrogen functional groups attached to an aromatic ring is 1. The minimum atomic E-state index is 0.530. The van der Waals surface area contributed by atoms with Crippen LogP contribution in [0.1, 0.15) is 0 Å². The molecule has 1 aromatic rings. The van der Waals surface area contributed by atoms with Gasteiger partial charge in [-0.25, -0.2) is 9.97 Å². The summed E-state index contributed by atoms with van der Waals surface area (Å²) in [4.78, 5) is 12.8. The Bertz CT molecular complexity index is 424. The van der Waals surface area contributed by atoms with Crippen LogP contribution in [0.4, 0.5) is 17.3 Å². The highest BCUT2D eigenvalue weighted by atomic mass is 16.5. The molecule has 0 amide bonds. The van der Waals surface area contributed by atoms with E-state index >= 15 is 0 Å². The average molecular weight is 357 g/mol. The van der Waals surface area contributed by atoms with E-state index in [9.17, 15) is 0 Å². The second-order valence-corrected chi connectivity index (χ2v) is 5.38. The van der Waals surface area contributed by atoms with Crippen molar-refractivity contribution in [3.63, 3.8) is 0 Å². The van der Waals surface area contributed by atoms with Crippen LogP contribution in [-0.4, -0.2) is 91.0 Å². The molecule has 0 aliphatic rings. The van der Waals surface area contributed by atoms with Gasteiger partial charge in [0.2, 0.25) is 0 Å². The predicted molar refractivity (Wildman–Crippen MR) is 98.4 cm³/mol. The highest BCUT2D eigenvalue weighted by Gasteiger charge is 2.19. The van der Waals surface area contributed by atoms with E-state index in [-0.39, 0.29) is 0 Å². The summed E-state index contributed by atoms with van der Waals surface area (Å²) in [5, 5.41) is 0. The molecule has 25 heavy (non-hydrogen) atoms. The third-order valence-electron chi connectivity index (χ3n) is 3.70. The molecule has 0 aliphatic heterocycles. The number of nitrogens with zero attached hydrogens (tertiary/aromatic N) is 4. The molecule has 0 saturated heterocycles. The van der Waals surface area contributed by atoms with E-state index in [0.29, 0.717) is 69.9 Å². The van der Waals surface area contributed by atoms with Crippen LogP contribution in [0.15, 0.2) is 6.33 Å². The second kappa shape index (κ2) is 12.6. The molecule has 1 rings (SSSR count). The van der Waals surface area contributed by atoms with Gasteiger partial charge in [-0.1, -0.05) is 0 Å². The van der Waals surface area contributed by atoms with E-state index in [1.54, 1.807) is 28.4 Å². The first-order valence-electron chi connectivity index (χ1n) is 8.25. The van der Waals surface area contributed by atoms with Crippen LogP contribution >= 0.6 is 0 Å². The van der Waals surface area contributed by atoms with Crippen LogP contribution in [0.2, 0.25) is 0 Å². The zero-order valence-corrected chi connectivity index (χ0v) is 15.7. The Morgan fingerprint density at radius 2 is 1.04 bits per heavy atom. The molecule has 0 aromatic carbocycles. The van der Waals surface area contributed by atoms with Crippen molar-refractivity contribution in [2.45, 2.75) is 0 Å². The third-order valence-corrected chi connectivity index (χ3v) is 3.70. The topological polar surface area (TPSA) is 95.2 Å². The Hall–Kier alpha value is -1.68. The summed E-state index contributed by atoms with van der Waals surface area (Å²) >= 11 is 0. The molecule has 0 spiro atoms. The highest BCUT2D eigenvalue weighted by molar-refractivity contribution is 5.75. The number of nitrogens with two attached hydrogens (primary N) is 1. The van der Waals surface area contributed by atoms with Gasteiger partial charge in [0.25, 0.3) is 0 Å². The molecule has 0 aliphatic carbocycles. The van der Waals surface area contributed by atoms with Crippen LogP contribution in [0.3, 0.4) is 0 Å². The maximum atomic E-state index is 6.40. The molecular formula is C16H31N5O4. The van der Waals surface area contributed by atoms with Crippen LogP contribution < -0.4 is 15.5 Å². The summed E-state index contributed by atoms with van der Waals surface area (Å²) in [5.74, 6) is 1.36. The number of ether oxygens (including phenoxy) is 4. The maximum absolute atomic E-state index is 6.40. The molecule has 0 saturated carbocycles. The Morgan fingerprint density at radius 1 is 0.720 bits per heavy atom. The smallest absolute Gasteiger partial charge is 0.157 e. The van der Waals surface area contributed by atoms with E-state index in [1.165, 1.54) is 6.33 Å². The van der Waals surface area contributed by atoms with Crippen molar-refractivity contribution in [2.24, 2.45) is 0 Å². The number of hydrogen-bond acceptors (Lipinski definition) is 9. The highest BCUT2D eigenvalue weighted by Crippen LogP contribution is 2.28. The zero-order valence-electron chi connectivity index (χ0n) is 15.7. The van der Waals surface area contributed by atoms with Crippen LogP contribution in [0.25, 0.3) is 0 Å². The van der Waals surface area contributed by atoms with Gasteiger partial charge < -0.3 is 34.5 Å². The fourth-order valence-corrected chi connectivity index (χ4v) is 2.33. The summed E-state index contributed by atoms with van der Waals surface area (Å²) in [6.45, 7) is 4.93. The van der Waals surface area contributed by atoms with Gasteiger partial charge in [0, 0.05) is 54.6 Å². The molecule has 0 unspecified atom stereocenters. The van der Waals surface area contributed by atoms with E-state index in [2.05, 4.69) is 9.97 Å². The number of rotatable bonds is 14. The zero-order chi connectivity index (χ0) is 18.5. The van der Waals surface area contributed by atoms with E-state index in [0.717, 1.165) is 0 Å². The number of anilines is 3. The maximum Gasteiger partial charge on any atom is 0.157 e. The van der Waals surface area contributed by atoms with Crippen molar-refractivity contribution >= 4 is 17.3 Å². The summed E-state index contributed by atoms with van der Waals surface area (Å²) < 4.78 is 20.7. The van der Waals surface area contributed by atoms with Crippen molar-refractivity contribution in [2.75, 3.05) is 96.6 Å². The molecule has 1 heterocycles. The third kappa shape index (κ3) is 6.99. The molecule has 9 nitrogen and oxygen atoms in total. The Kier molecular flexibility index (Phi) is 10.8. The predicted octanol–water partition coefficient (Wildman–Crippen LogP) is 0.257. The van der Waals surface area contributed by atoms with E-state index in [1.807, 2.05) is 9.80 Å². The first kappa shape index (κ1) is 21.4. The Balaban J connectivity index is 3.05. The summed E-state index contributed by atoms with van der Waals surface area (Å²) in [6, 6.07) is 0. The number of hydrogen-bond donors (Lipinski definition) is 1. The van der Waals surface area contributed by atoms with E-state index < -0.39 is 0 Å². The van der Waals surface area contributed by atoms with Crippen molar-refractivity contribution in [1.82, 2.24) is 9.97 Å². The van der Waals surface area contributed by atoms with Gasteiger partial charge >= 0.3 is 0 Å². The van der Waals surface area contributed by atoms with Gasteiger partial charge in [-0.15, -0.1) is 0 Å². The molecule has 1 aromatic heterocycles. The standard InChI is InChI=1S/C16H31N5O4/c1-22-9-5-20(6-10-23-2)15-14(17)16(19-13-18-15)21(7-11-24-3)8-12-25-4/h13H,5-12,17H2,1-4H3.